The summed E-state index contributed by atoms with van der Waals surface area (Å²) < 4.78 is 1.43. The van der Waals surface area contributed by atoms with Crippen LogP contribution >= 0.6 is 11.6 Å². The number of benzene rings is 1. The standard InChI is InChI=1S/C18H19ClN4O3/c1-18(9-24,10-25)22-17-20-8-11-7-13(12-5-3-4-6-14(12)19)16(26)23(2)15(11)21-17/h3-8,24-25H,9-10H2,1-2H3,(H,20,21,22). The van der Waals surface area contributed by atoms with E-state index in [1.54, 1.807) is 44.4 Å². The fourth-order valence-corrected chi connectivity index (χ4v) is 2.82. The third-order valence-corrected chi connectivity index (χ3v) is 4.55. The summed E-state index contributed by atoms with van der Waals surface area (Å²) >= 11 is 6.23. The number of aryl methyl sites for hydroxylation is 1. The predicted molar refractivity (Wildman–Crippen MR) is 101 cm³/mol. The van der Waals surface area contributed by atoms with E-state index in [4.69, 9.17) is 11.6 Å². The molecule has 0 aliphatic heterocycles. The summed E-state index contributed by atoms with van der Waals surface area (Å²) in [4.78, 5) is 21.4. The monoisotopic (exact) mass is 374 g/mol. The van der Waals surface area contributed by atoms with Crippen LogP contribution in [0, 0.1) is 0 Å². The molecule has 0 fully saturated rings. The van der Waals surface area contributed by atoms with Crippen LogP contribution in [0.15, 0.2) is 41.3 Å². The zero-order chi connectivity index (χ0) is 18.9. The lowest BCUT2D eigenvalue weighted by Crippen LogP contribution is -2.43. The van der Waals surface area contributed by atoms with Gasteiger partial charge >= 0.3 is 0 Å². The third-order valence-electron chi connectivity index (χ3n) is 4.22. The van der Waals surface area contributed by atoms with Gasteiger partial charge in [0.1, 0.15) is 5.65 Å². The first kappa shape index (κ1) is 18.3. The van der Waals surface area contributed by atoms with Gasteiger partial charge in [0.25, 0.3) is 5.56 Å². The molecule has 2 heterocycles. The average molecular weight is 375 g/mol. The average Bonchev–Trinajstić information content (AvgIpc) is 2.65. The second kappa shape index (κ2) is 7.03. The Labute approximate surface area is 154 Å². The number of nitrogens with one attached hydrogen (secondary N) is 1. The molecule has 3 aromatic rings. The summed E-state index contributed by atoms with van der Waals surface area (Å²) in [5.41, 5.74) is 0.339. The van der Waals surface area contributed by atoms with Gasteiger partial charge in [-0.1, -0.05) is 29.8 Å². The van der Waals surface area contributed by atoms with E-state index in [1.807, 2.05) is 6.07 Å². The lowest BCUT2D eigenvalue weighted by molar-refractivity contribution is 0.147. The molecule has 3 rings (SSSR count). The van der Waals surface area contributed by atoms with Crippen LogP contribution in [0.2, 0.25) is 5.02 Å². The van der Waals surface area contributed by atoms with Crippen LogP contribution in [0.25, 0.3) is 22.2 Å². The number of nitrogens with zero attached hydrogens (tertiary/aromatic N) is 3. The molecule has 0 aliphatic carbocycles. The van der Waals surface area contributed by atoms with Crippen molar-refractivity contribution in [2.75, 3.05) is 18.5 Å². The molecule has 0 saturated carbocycles. The number of rotatable bonds is 5. The number of halogens is 1. The number of pyridine rings is 1. The fourth-order valence-electron chi connectivity index (χ4n) is 2.58. The van der Waals surface area contributed by atoms with Gasteiger partial charge in [-0.25, -0.2) is 4.98 Å². The largest absolute Gasteiger partial charge is 0.394 e. The Hall–Kier alpha value is -2.48. The van der Waals surface area contributed by atoms with Gasteiger partial charge in [0.2, 0.25) is 5.95 Å². The quantitative estimate of drug-likeness (QED) is 0.629. The highest BCUT2D eigenvalue weighted by Crippen LogP contribution is 2.27. The smallest absolute Gasteiger partial charge is 0.259 e. The van der Waals surface area contributed by atoms with E-state index in [-0.39, 0.29) is 24.7 Å². The van der Waals surface area contributed by atoms with Crippen LogP contribution in [0.4, 0.5) is 5.95 Å². The van der Waals surface area contributed by atoms with Crippen LogP contribution in [0.3, 0.4) is 0 Å². The summed E-state index contributed by atoms with van der Waals surface area (Å²) in [7, 11) is 1.62. The first-order valence-corrected chi connectivity index (χ1v) is 8.38. The molecular formula is C18H19ClN4O3. The second-order valence-electron chi connectivity index (χ2n) is 6.38. The van der Waals surface area contributed by atoms with Gasteiger partial charge in [0.15, 0.2) is 0 Å². The molecular weight excluding hydrogens is 356 g/mol. The van der Waals surface area contributed by atoms with Gasteiger partial charge in [-0.3, -0.25) is 9.36 Å². The number of anilines is 1. The third kappa shape index (κ3) is 3.29. The molecule has 0 atom stereocenters. The SMILES string of the molecule is Cn1c(=O)c(-c2ccccc2Cl)cc2cnc(NC(C)(CO)CO)nc21. The second-order valence-corrected chi connectivity index (χ2v) is 6.78. The van der Waals surface area contributed by atoms with Crippen LogP contribution in [0.5, 0.6) is 0 Å². The first-order valence-electron chi connectivity index (χ1n) is 8.00. The molecule has 0 aliphatic rings. The minimum atomic E-state index is -0.968. The predicted octanol–water partition coefficient (Wildman–Crippen LogP) is 1.80. The van der Waals surface area contributed by atoms with E-state index in [9.17, 15) is 15.0 Å². The van der Waals surface area contributed by atoms with Gasteiger partial charge in [-0.05, 0) is 19.1 Å². The molecule has 0 saturated heterocycles. The minimum absolute atomic E-state index is 0.212. The van der Waals surface area contributed by atoms with Crippen molar-refractivity contribution in [3.8, 4) is 11.1 Å². The number of hydrogen-bond donors (Lipinski definition) is 3. The Morgan fingerprint density at radius 1 is 1.23 bits per heavy atom. The molecule has 0 bridgehead atoms. The Kier molecular flexibility index (Phi) is 4.95. The van der Waals surface area contributed by atoms with E-state index in [2.05, 4.69) is 15.3 Å². The molecule has 1 aromatic carbocycles. The fraction of sp³-hybridized carbons (Fsp3) is 0.278. The van der Waals surface area contributed by atoms with E-state index >= 15 is 0 Å². The lowest BCUT2D eigenvalue weighted by atomic mass is 10.1. The van der Waals surface area contributed by atoms with Crippen LogP contribution < -0.4 is 10.9 Å². The van der Waals surface area contributed by atoms with E-state index in [0.29, 0.717) is 27.2 Å². The summed E-state index contributed by atoms with van der Waals surface area (Å²) in [6.45, 7) is 1.05. The van der Waals surface area contributed by atoms with Gasteiger partial charge in [0, 0.05) is 34.8 Å². The summed E-state index contributed by atoms with van der Waals surface area (Å²) in [6, 6.07) is 8.85. The van der Waals surface area contributed by atoms with E-state index < -0.39 is 5.54 Å². The molecule has 3 N–H and O–H groups in total. The van der Waals surface area contributed by atoms with E-state index in [1.165, 1.54) is 4.57 Å². The highest BCUT2D eigenvalue weighted by molar-refractivity contribution is 6.33. The molecule has 0 spiro atoms. The maximum Gasteiger partial charge on any atom is 0.259 e. The number of hydrogen-bond acceptors (Lipinski definition) is 6. The molecule has 0 radical (unpaired) electrons. The van der Waals surface area contributed by atoms with Crippen LogP contribution in [-0.2, 0) is 7.05 Å². The number of aliphatic hydroxyl groups is 2. The molecule has 0 unspecified atom stereocenters. The molecule has 8 heteroatoms. The van der Waals surface area contributed by atoms with Crippen molar-refractivity contribution in [2.24, 2.45) is 7.05 Å². The Balaban J connectivity index is 2.13. The van der Waals surface area contributed by atoms with Crippen molar-refractivity contribution in [1.29, 1.82) is 0 Å². The number of fused-ring (bicyclic) bond motifs is 1. The van der Waals surface area contributed by atoms with Crippen LogP contribution in [-0.4, -0.2) is 43.5 Å². The van der Waals surface area contributed by atoms with Crippen molar-refractivity contribution in [3.05, 3.63) is 51.9 Å². The van der Waals surface area contributed by atoms with Crippen molar-refractivity contribution >= 4 is 28.6 Å². The molecule has 136 valence electrons. The van der Waals surface area contributed by atoms with Crippen molar-refractivity contribution in [3.63, 3.8) is 0 Å². The van der Waals surface area contributed by atoms with Crippen molar-refractivity contribution in [1.82, 2.24) is 14.5 Å². The molecule has 7 nitrogen and oxygen atoms in total. The Morgan fingerprint density at radius 3 is 2.58 bits per heavy atom. The Morgan fingerprint density at radius 2 is 1.92 bits per heavy atom. The van der Waals surface area contributed by atoms with Crippen molar-refractivity contribution in [2.45, 2.75) is 12.5 Å². The number of aromatic nitrogens is 3. The highest BCUT2D eigenvalue weighted by atomic mass is 35.5. The summed E-state index contributed by atoms with van der Waals surface area (Å²) in [5, 5.41) is 22.9. The maximum absolute atomic E-state index is 12.8. The first-order chi connectivity index (χ1) is 12.4. The minimum Gasteiger partial charge on any atom is -0.394 e. The normalized spacial score (nSPS) is 11.7. The topological polar surface area (TPSA) is 100 Å². The summed E-state index contributed by atoms with van der Waals surface area (Å²) in [6.07, 6.45) is 1.58. The van der Waals surface area contributed by atoms with Crippen molar-refractivity contribution < 1.29 is 10.2 Å². The van der Waals surface area contributed by atoms with Gasteiger partial charge in [0.05, 0.1) is 18.8 Å². The summed E-state index contributed by atoms with van der Waals surface area (Å²) in [5.74, 6) is 0.212. The zero-order valence-corrected chi connectivity index (χ0v) is 15.2. The highest BCUT2D eigenvalue weighted by Gasteiger charge is 2.23. The lowest BCUT2D eigenvalue weighted by Gasteiger charge is -2.26. The van der Waals surface area contributed by atoms with Gasteiger partial charge in [-0.2, -0.15) is 4.98 Å². The van der Waals surface area contributed by atoms with Gasteiger partial charge < -0.3 is 15.5 Å². The Bertz CT molecular complexity index is 1010. The molecule has 0 amide bonds. The van der Waals surface area contributed by atoms with Gasteiger partial charge in [-0.15, -0.1) is 0 Å². The zero-order valence-electron chi connectivity index (χ0n) is 14.4. The molecule has 26 heavy (non-hydrogen) atoms. The van der Waals surface area contributed by atoms with E-state index in [0.717, 1.165) is 0 Å². The maximum atomic E-state index is 12.8. The number of aliphatic hydroxyl groups excluding tert-OH is 2. The van der Waals surface area contributed by atoms with Crippen LogP contribution in [0.1, 0.15) is 6.92 Å². The molecule has 2 aromatic heterocycles.